The predicted octanol–water partition coefficient (Wildman–Crippen LogP) is 3.14. The fourth-order valence-electron chi connectivity index (χ4n) is 3.79. The van der Waals surface area contributed by atoms with Crippen molar-refractivity contribution in [1.82, 2.24) is 9.88 Å². The van der Waals surface area contributed by atoms with Crippen molar-refractivity contribution in [2.24, 2.45) is 5.41 Å². The monoisotopic (exact) mass is 314 g/mol. The highest BCUT2D eigenvalue weighted by Crippen LogP contribution is 2.31. The van der Waals surface area contributed by atoms with E-state index in [9.17, 15) is 9.90 Å². The zero-order chi connectivity index (χ0) is 16.6. The first kappa shape index (κ1) is 16.2. The van der Waals surface area contributed by atoms with Crippen LogP contribution in [0, 0.1) is 12.3 Å². The number of rotatable bonds is 4. The maximum atomic E-state index is 13.1. The number of carbonyl (C=O) groups is 1. The van der Waals surface area contributed by atoms with E-state index in [1.165, 1.54) is 0 Å². The number of Topliss-reactive ketones (excluding diaryl/α,β-unsaturated/α-hetero) is 1. The summed E-state index contributed by atoms with van der Waals surface area (Å²) in [6.45, 7) is 7.94. The van der Waals surface area contributed by atoms with Crippen molar-refractivity contribution in [3.05, 3.63) is 35.5 Å². The van der Waals surface area contributed by atoms with Gasteiger partial charge in [-0.05, 0) is 39.3 Å². The van der Waals surface area contributed by atoms with E-state index >= 15 is 0 Å². The molecule has 1 aliphatic rings. The fourth-order valence-corrected chi connectivity index (χ4v) is 3.79. The van der Waals surface area contributed by atoms with E-state index in [-0.39, 0.29) is 23.8 Å². The Balaban J connectivity index is 1.88. The van der Waals surface area contributed by atoms with Crippen molar-refractivity contribution in [3.8, 4) is 0 Å². The molecular formula is C19H26N2O2. The third kappa shape index (κ3) is 2.93. The number of ketones is 1. The normalized spacial score (nSPS) is 24.0. The first-order chi connectivity index (χ1) is 10.9. The standard InChI is InChI=1S/C19H26N2O2/c1-13-17(15-7-4-5-8-16(15)20-13)18(23)14(2)21-10-6-9-19(3,11-21)12-22/h4-5,7-8,14,20,22H,6,9-12H2,1-3H3. The van der Waals surface area contributed by atoms with Crippen LogP contribution in [0.4, 0.5) is 0 Å². The average Bonchev–Trinajstić information content (AvgIpc) is 2.89. The molecule has 0 bridgehead atoms. The number of benzene rings is 1. The highest BCUT2D eigenvalue weighted by molar-refractivity contribution is 6.11. The molecule has 4 heteroatoms. The number of nitrogens with one attached hydrogen (secondary N) is 1. The van der Waals surface area contributed by atoms with Gasteiger partial charge in [0.1, 0.15) is 0 Å². The van der Waals surface area contributed by atoms with Gasteiger partial charge >= 0.3 is 0 Å². The number of aryl methyl sites for hydroxylation is 1. The Kier molecular flexibility index (Phi) is 4.30. The SMILES string of the molecule is Cc1[nH]c2ccccc2c1C(=O)C(C)N1CCCC(C)(CO)C1. The molecule has 2 unspecified atom stereocenters. The molecule has 1 saturated heterocycles. The summed E-state index contributed by atoms with van der Waals surface area (Å²) in [5, 5.41) is 10.6. The molecule has 2 aromatic rings. The Bertz CT molecular complexity index is 721. The molecule has 1 aromatic heterocycles. The van der Waals surface area contributed by atoms with E-state index in [2.05, 4.69) is 16.8 Å². The van der Waals surface area contributed by atoms with Gasteiger partial charge in [0.05, 0.1) is 6.04 Å². The molecule has 23 heavy (non-hydrogen) atoms. The van der Waals surface area contributed by atoms with E-state index in [0.717, 1.165) is 48.1 Å². The summed E-state index contributed by atoms with van der Waals surface area (Å²) in [6.07, 6.45) is 2.05. The topological polar surface area (TPSA) is 56.3 Å². The Morgan fingerprint density at radius 1 is 1.43 bits per heavy atom. The maximum absolute atomic E-state index is 13.1. The predicted molar refractivity (Wildman–Crippen MR) is 92.8 cm³/mol. The third-order valence-corrected chi connectivity index (χ3v) is 5.26. The van der Waals surface area contributed by atoms with Gasteiger partial charge in [0.2, 0.25) is 0 Å². The summed E-state index contributed by atoms with van der Waals surface area (Å²) >= 11 is 0. The molecule has 4 nitrogen and oxygen atoms in total. The van der Waals surface area contributed by atoms with Gasteiger partial charge < -0.3 is 10.1 Å². The summed E-state index contributed by atoms with van der Waals surface area (Å²) < 4.78 is 0. The van der Waals surface area contributed by atoms with Gasteiger partial charge in [0.15, 0.2) is 5.78 Å². The number of piperidine rings is 1. The van der Waals surface area contributed by atoms with Crippen LogP contribution in [0.3, 0.4) is 0 Å². The van der Waals surface area contributed by atoms with Crippen LogP contribution < -0.4 is 0 Å². The number of hydrogen-bond donors (Lipinski definition) is 2. The van der Waals surface area contributed by atoms with Crippen LogP contribution in [-0.4, -0.2) is 46.5 Å². The van der Waals surface area contributed by atoms with Crippen molar-refractivity contribution in [1.29, 1.82) is 0 Å². The number of carbonyl (C=O) groups excluding carboxylic acids is 1. The van der Waals surface area contributed by atoms with Crippen LogP contribution >= 0.6 is 0 Å². The van der Waals surface area contributed by atoms with Crippen LogP contribution in [-0.2, 0) is 0 Å². The lowest BCUT2D eigenvalue weighted by molar-refractivity contribution is 0.0278. The number of para-hydroxylation sites is 1. The van der Waals surface area contributed by atoms with Crippen molar-refractivity contribution in [3.63, 3.8) is 0 Å². The molecule has 0 saturated carbocycles. The van der Waals surface area contributed by atoms with Gasteiger partial charge in [-0.25, -0.2) is 0 Å². The number of fused-ring (bicyclic) bond motifs is 1. The molecule has 0 aliphatic carbocycles. The van der Waals surface area contributed by atoms with Gasteiger partial charge in [-0.2, -0.15) is 0 Å². The van der Waals surface area contributed by atoms with Crippen molar-refractivity contribution >= 4 is 16.7 Å². The smallest absolute Gasteiger partial charge is 0.182 e. The number of likely N-dealkylation sites (tertiary alicyclic amines) is 1. The Morgan fingerprint density at radius 3 is 2.91 bits per heavy atom. The molecule has 2 N–H and O–H groups in total. The average molecular weight is 314 g/mol. The number of aromatic nitrogens is 1. The summed E-state index contributed by atoms with van der Waals surface area (Å²) in [6, 6.07) is 7.80. The number of H-pyrrole nitrogens is 1. The number of nitrogens with zero attached hydrogens (tertiary/aromatic N) is 1. The largest absolute Gasteiger partial charge is 0.396 e. The van der Waals surface area contributed by atoms with Crippen LogP contribution in [0.15, 0.2) is 24.3 Å². The van der Waals surface area contributed by atoms with E-state index in [0.29, 0.717) is 0 Å². The molecule has 1 aromatic carbocycles. The van der Waals surface area contributed by atoms with Gasteiger partial charge in [0.25, 0.3) is 0 Å². The van der Waals surface area contributed by atoms with E-state index < -0.39 is 0 Å². The fraction of sp³-hybridized carbons (Fsp3) is 0.526. The quantitative estimate of drug-likeness (QED) is 0.852. The minimum Gasteiger partial charge on any atom is -0.396 e. The van der Waals surface area contributed by atoms with Crippen LogP contribution in [0.1, 0.15) is 42.7 Å². The van der Waals surface area contributed by atoms with Crippen molar-refractivity contribution < 1.29 is 9.90 Å². The minimum atomic E-state index is -0.168. The number of aromatic amines is 1. The molecule has 0 spiro atoms. The second kappa shape index (κ2) is 6.10. The molecular weight excluding hydrogens is 288 g/mol. The summed E-state index contributed by atoms with van der Waals surface area (Å²) in [5.41, 5.74) is 2.66. The van der Waals surface area contributed by atoms with Gasteiger partial charge in [-0.3, -0.25) is 9.69 Å². The number of aliphatic hydroxyl groups excluding tert-OH is 1. The molecule has 3 rings (SSSR count). The Labute approximate surface area is 137 Å². The van der Waals surface area contributed by atoms with Gasteiger partial charge in [0, 0.05) is 40.7 Å². The molecule has 2 heterocycles. The number of hydrogen-bond acceptors (Lipinski definition) is 3. The Morgan fingerprint density at radius 2 is 2.17 bits per heavy atom. The highest BCUT2D eigenvalue weighted by Gasteiger charge is 2.35. The second-order valence-electron chi connectivity index (χ2n) is 7.25. The molecule has 124 valence electrons. The summed E-state index contributed by atoms with van der Waals surface area (Å²) in [5.74, 6) is 0.169. The zero-order valence-electron chi connectivity index (χ0n) is 14.2. The molecule has 0 radical (unpaired) electrons. The minimum absolute atomic E-state index is 0.0952. The zero-order valence-corrected chi connectivity index (χ0v) is 14.2. The third-order valence-electron chi connectivity index (χ3n) is 5.26. The summed E-state index contributed by atoms with van der Waals surface area (Å²) in [4.78, 5) is 18.7. The van der Waals surface area contributed by atoms with Gasteiger partial charge in [-0.1, -0.05) is 25.1 Å². The van der Waals surface area contributed by atoms with Gasteiger partial charge in [-0.15, -0.1) is 0 Å². The van der Waals surface area contributed by atoms with Crippen LogP contribution in [0.25, 0.3) is 10.9 Å². The van der Waals surface area contributed by atoms with E-state index in [1.54, 1.807) is 0 Å². The highest BCUT2D eigenvalue weighted by atomic mass is 16.3. The lowest BCUT2D eigenvalue weighted by Crippen LogP contribution is -2.50. The summed E-state index contributed by atoms with van der Waals surface area (Å²) in [7, 11) is 0. The molecule has 0 amide bonds. The second-order valence-corrected chi connectivity index (χ2v) is 7.25. The van der Waals surface area contributed by atoms with Crippen molar-refractivity contribution in [2.75, 3.05) is 19.7 Å². The lowest BCUT2D eigenvalue weighted by Gasteiger charge is -2.41. The first-order valence-electron chi connectivity index (χ1n) is 8.42. The maximum Gasteiger partial charge on any atom is 0.182 e. The lowest BCUT2D eigenvalue weighted by atomic mass is 9.82. The van der Waals surface area contributed by atoms with E-state index in [4.69, 9.17) is 0 Å². The van der Waals surface area contributed by atoms with Crippen molar-refractivity contribution in [2.45, 2.75) is 39.7 Å². The van der Waals surface area contributed by atoms with Crippen LogP contribution in [0.5, 0.6) is 0 Å². The van der Waals surface area contributed by atoms with Crippen LogP contribution in [0.2, 0.25) is 0 Å². The molecule has 1 aliphatic heterocycles. The number of aliphatic hydroxyl groups is 1. The first-order valence-corrected chi connectivity index (χ1v) is 8.42. The van der Waals surface area contributed by atoms with E-state index in [1.807, 2.05) is 38.1 Å². The molecule has 1 fully saturated rings. The Hall–Kier alpha value is -1.65. The molecule has 2 atom stereocenters.